The maximum Gasteiger partial charge on any atom is 0.221 e. The Bertz CT molecular complexity index is 716. The van der Waals surface area contributed by atoms with Crippen molar-refractivity contribution < 1.29 is 14.3 Å². The third-order valence-corrected chi connectivity index (χ3v) is 5.19. The van der Waals surface area contributed by atoms with E-state index in [1.165, 1.54) is 10.5 Å². The molecule has 2 aromatic carbocycles. The molecule has 1 amide bonds. The average Bonchev–Trinajstić information content (AvgIpc) is 2.67. The van der Waals surface area contributed by atoms with Crippen LogP contribution in [0.5, 0.6) is 11.5 Å². The lowest BCUT2D eigenvalue weighted by atomic mass is 10.0. The third-order valence-electron chi connectivity index (χ3n) is 4.17. The lowest BCUT2D eigenvalue weighted by Crippen LogP contribution is -2.28. The Labute approximate surface area is 160 Å². The Morgan fingerprint density at radius 2 is 1.77 bits per heavy atom. The van der Waals surface area contributed by atoms with Crippen molar-refractivity contribution >= 4 is 17.7 Å². The number of thioether (sulfide) groups is 1. The molecule has 2 aromatic rings. The van der Waals surface area contributed by atoms with Crippen LogP contribution in [0.1, 0.15) is 36.9 Å². The molecular formula is C21H27NO3S. The number of methoxy groups -OCH3 is 2. The molecule has 0 spiro atoms. The molecule has 26 heavy (non-hydrogen) atoms. The predicted molar refractivity (Wildman–Crippen MR) is 107 cm³/mol. The highest BCUT2D eigenvalue weighted by molar-refractivity contribution is 7.99. The van der Waals surface area contributed by atoms with Gasteiger partial charge in [-0.1, -0.05) is 30.7 Å². The minimum Gasteiger partial charge on any atom is -0.493 e. The van der Waals surface area contributed by atoms with Gasteiger partial charge >= 0.3 is 0 Å². The molecule has 0 fully saturated rings. The summed E-state index contributed by atoms with van der Waals surface area (Å²) in [5.41, 5.74) is 2.26. The molecule has 0 aromatic heterocycles. The van der Waals surface area contributed by atoms with E-state index in [0.29, 0.717) is 17.9 Å². The van der Waals surface area contributed by atoms with Crippen LogP contribution in [-0.2, 0) is 4.79 Å². The summed E-state index contributed by atoms with van der Waals surface area (Å²) in [6.45, 7) is 4.13. The zero-order valence-corrected chi connectivity index (χ0v) is 16.7. The van der Waals surface area contributed by atoms with Gasteiger partial charge in [0.15, 0.2) is 11.5 Å². The molecule has 0 saturated carbocycles. The van der Waals surface area contributed by atoms with E-state index in [1.54, 1.807) is 26.0 Å². The van der Waals surface area contributed by atoms with Crippen LogP contribution in [0, 0.1) is 6.92 Å². The quantitative estimate of drug-likeness (QED) is 0.644. The second kappa shape index (κ2) is 10.1. The maximum absolute atomic E-state index is 12.3. The molecule has 0 aliphatic carbocycles. The highest BCUT2D eigenvalue weighted by Gasteiger charge is 2.15. The molecule has 2 rings (SSSR count). The summed E-state index contributed by atoms with van der Waals surface area (Å²) in [4.78, 5) is 13.5. The van der Waals surface area contributed by atoms with Gasteiger partial charge in [-0.2, -0.15) is 0 Å². The van der Waals surface area contributed by atoms with E-state index in [1.807, 2.05) is 18.2 Å². The third kappa shape index (κ3) is 5.70. The van der Waals surface area contributed by atoms with Crippen molar-refractivity contribution in [3.63, 3.8) is 0 Å². The van der Waals surface area contributed by atoms with Crippen LogP contribution in [-0.4, -0.2) is 25.9 Å². The molecule has 0 unspecified atom stereocenters. The van der Waals surface area contributed by atoms with Crippen LogP contribution in [0.3, 0.4) is 0 Å². The highest BCUT2D eigenvalue weighted by Crippen LogP contribution is 2.31. The first-order valence-corrected chi connectivity index (χ1v) is 9.76. The van der Waals surface area contributed by atoms with E-state index in [-0.39, 0.29) is 11.9 Å². The van der Waals surface area contributed by atoms with Gasteiger partial charge in [-0.25, -0.2) is 0 Å². The van der Waals surface area contributed by atoms with Gasteiger partial charge in [-0.15, -0.1) is 11.8 Å². The molecule has 0 radical (unpaired) electrons. The number of hydrogen-bond acceptors (Lipinski definition) is 4. The average molecular weight is 374 g/mol. The summed E-state index contributed by atoms with van der Waals surface area (Å²) < 4.78 is 10.6. The van der Waals surface area contributed by atoms with Crippen molar-refractivity contribution in [2.75, 3.05) is 20.0 Å². The van der Waals surface area contributed by atoms with Gasteiger partial charge in [-0.3, -0.25) is 4.79 Å². The Hall–Kier alpha value is -2.14. The molecule has 4 nitrogen and oxygen atoms in total. The zero-order chi connectivity index (χ0) is 18.9. The van der Waals surface area contributed by atoms with Gasteiger partial charge in [0.05, 0.1) is 20.3 Å². The number of aryl methyl sites for hydroxylation is 1. The summed E-state index contributed by atoms with van der Waals surface area (Å²) in [6, 6.07) is 14.1. The van der Waals surface area contributed by atoms with E-state index in [9.17, 15) is 4.79 Å². The molecule has 0 aliphatic rings. The first-order chi connectivity index (χ1) is 12.6. The molecular weight excluding hydrogens is 346 g/mol. The minimum absolute atomic E-state index is 0.0355. The van der Waals surface area contributed by atoms with E-state index in [0.717, 1.165) is 17.7 Å². The topological polar surface area (TPSA) is 47.6 Å². The van der Waals surface area contributed by atoms with Gasteiger partial charge in [0.25, 0.3) is 0 Å². The number of rotatable bonds is 9. The second-order valence-corrected chi connectivity index (χ2v) is 7.22. The van der Waals surface area contributed by atoms with E-state index >= 15 is 0 Å². The Kier molecular flexibility index (Phi) is 7.85. The molecule has 0 heterocycles. The summed E-state index contributed by atoms with van der Waals surface area (Å²) >= 11 is 1.70. The van der Waals surface area contributed by atoms with Crippen molar-refractivity contribution in [3.05, 3.63) is 53.6 Å². The molecule has 5 heteroatoms. The van der Waals surface area contributed by atoms with Gasteiger partial charge in [0.1, 0.15) is 0 Å². The van der Waals surface area contributed by atoms with Crippen LogP contribution >= 0.6 is 11.8 Å². The summed E-state index contributed by atoms with van der Waals surface area (Å²) in [7, 11) is 3.23. The second-order valence-electron chi connectivity index (χ2n) is 6.05. The fraction of sp³-hybridized carbons (Fsp3) is 0.381. The van der Waals surface area contributed by atoms with E-state index < -0.39 is 0 Å². The van der Waals surface area contributed by atoms with Crippen LogP contribution < -0.4 is 14.8 Å². The monoisotopic (exact) mass is 373 g/mol. The number of ether oxygens (including phenoxy) is 2. The lowest BCUT2D eigenvalue weighted by molar-refractivity contribution is -0.121. The van der Waals surface area contributed by atoms with Gasteiger partial charge < -0.3 is 14.8 Å². The van der Waals surface area contributed by atoms with Crippen LogP contribution in [0.25, 0.3) is 0 Å². The maximum atomic E-state index is 12.3. The summed E-state index contributed by atoms with van der Waals surface area (Å²) in [5, 5.41) is 3.12. The van der Waals surface area contributed by atoms with Crippen LogP contribution in [0.4, 0.5) is 0 Å². The normalized spacial score (nSPS) is 11.7. The Morgan fingerprint density at radius 3 is 2.38 bits per heavy atom. The lowest BCUT2D eigenvalue weighted by Gasteiger charge is -2.19. The molecule has 1 N–H and O–H groups in total. The fourth-order valence-corrected chi connectivity index (χ4v) is 3.50. The van der Waals surface area contributed by atoms with Crippen molar-refractivity contribution in [2.24, 2.45) is 0 Å². The zero-order valence-electron chi connectivity index (χ0n) is 15.9. The van der Waals surface area contributed by atoms with Crippen LogP contribution in [0.15, 0.2) is 47.4 Å². The molecule has 0 bridgehead atoms. The van der Waals surface area contributed by atoms with Gasteiger partial charge in [0.2, 0.25) is 5.91 Å². The first kappa shape index (κ1) is 20.2. The number of nitrogens with one attached hydrogen (secondary N) is 1. The summed E-state index contributed by atoms with van der Waals surface area (Å²) in [6.07, 6.45) is 1.30. The van der Waals surface area contributed by atoms with Crippen molar-refractivity contribution in [2.45, 2.75) is 37.6 Å². The van der Waals surface area contributed by atoms with Gasteiger partial charge in [-0.05, 0) is 43.2 Å². The van der Waals surface area contributed by atoms with Crippen molar-refractivity contribution in [1.82, 2.24) is 5.32 Å². The SMILES string of the molecule is CC[C@H](NC(=O)CCSc1ccc(C)cc1)c1ccc(OC)c(OC)c1. The number of benzene rings is 2. The van der Waals surface area contributed by atoms with E-state index in [4.69, 9.17) is 9.47 Å². The number of carbonyl (C=O) groups is 1. The standard InChI is InChI=1S/C21H27NO3S/c1-5-18(16-8-11-19(24-3)20(14-16)25-4)22-21(23)12-13-26-17-9-6-15(2)7-10-17/h6-11,14,18H,5,12-13H2,1-4H3,(H,22,23)/t18-/m0/s1. The highest BCUT2D eigenvalue weighted by atomic mass is 32.2. The number of carbonyl (C=O) groups excluding carboxylic acids is 1. The van der Waals surface area contributed by atoms with Crippen molar-refractivity contribution in [1.29, 1.82) is 0 Å². The number of hydrogen-bond donors (Lipinski definition) is 1. The Balaban J connectivity index is 1.90. The largest absolute Gasteiger partial charge is 0.493 e. The molecule has 140 valence electrons. The van der Waals surface area contributed by atoms with Crippen LogP contribution in [0.2, 0.25) is 0 Å². The molecule has 1 atom stereocenters. The number of amides is 1. The minimum atomic E-state index is -0.0355. The smallest absolute Gasteiger partial charge is 0.221 e. The predicted octanol–water partition coefficient (Wildman–Crippen LogP) is 4.76. The fourth-order valence-electron chi connectivity index (χ4n) is 2.65. The molecule has 0 saturated heterocycles. The van der Waals surface area contributed by atoms with E-state index in [2.05, 4.69) is 43.4 Å². The van der Waals surface area contributed by atoms with Gasteiger partial charge in [0, 0.05) is 17.1 Å². The first-order valence-electron chi connectivity index (χ1n) is 8.78. The molecule has 0 aliphatic heterocycles. The Morgan fingerprint density at radius 1 is 1.08 bits per heavy atom. The summed E-state index contributed by atoms with van der Waals surface area (Å²) in [5.74, 6) is 2.18. The van der Waals surface area contributed by atoms with Crippen molar-refractivity contribution in [3.8, 4) is 11.5 Å².